The van der Waals surface area contributed by atoms with Crippen LogP contribution in [0, 0.1) is 13.8 Å². The second-order valence-electron chi connectivity index (χ2n) is 4.06. The zero-order valence-electron chi connectivity index (χ0n) is 10.7. The lowest BCUT2D eigenvalue weighted by atomic mass is 10.1. The van der Waals surface area contributed by atoms with Crippen LogP contribution in [0.1, 0.15) is 24.0 Å². The standard InChI is InChI=1S/C14H19BrO2/c1-10-8-13(15)9-11(2)14(10)17-7-5-6-12(3)16-4/h8-9H,3,5-7H2,1-2,4H3. The van der Waals surface area contributed by atoms with Crippen LogP contribution in [0.15, 0.2) is 28.9 Å². The second kappa shape index (κ2) is 6.70. The molecule has 0 saturated heterocycles. The number of benzene rings is 1. The largest absolute Gasteiger partial charge is 0.502 e. The van der Waals surface area contributed by atoms with Gasteiger partial charge in [-0.05, 0) is 43.5 Å². The van der Waals surface area contributed by atoms with E-state index in [1.54, 1.807) is 7.11 Å². The van der Waals surface area contributed by atoms with Crippen LogP contribution in [0.3, 0.4) is 0 Å². The number of hydrogen-bond donors (Lipinski definition) is 0. The van der Waals surface area contributed by atoms with E-state index >= 15 is 0 Å². The number of allylic oxidation sites excluding steroid dienone is 1. The normalized spacial score (nSPS) is 10.1. The first-order chi connectivity index (χ1) is 8.04. The van der Waals surface area contributed by atoms with Crippen LogP contribution in [0.2, 0.25) is 0 Å². The number of hydrogen-bond acceptors (Lipinski definition) is 2. The summed E-state index contributed by atoms with van der Waals surface area (Å²) < 4.78 is 11.9. The predicted octanol–water partition coefficient (Wildman–Crippen LogP) is 4.39. The van der Waals surface area contributed by atoms with Crippen LogP contribution in [0.25, 0.3) is 0 Å². The summed E-state index contributed by atoms with van der Waals surface area (Å²) in [6.07, 6.45) is 1.76. The van der Waals surface area contributed by atoms with Gasteiger partial charge in [-0.1, -0.05) is 22.5 Å². The molecule has 0 bridgehead atoms. The third-order valence-corrected chi connectivity index (χ3v) is 3.02. The Hall–Kier alpha value is -0.960. The molecule has 0 aliphatic carbocycles. The number of rotatable bonds is 6. The SMILES string of the molecule is C=C(CCCOc1c(C)cc(Br)cc1C)OC. The lowest BCUT2D eigenvalue weighted by Gasteiger charge is -2.12. The number of ether oxygens (including phenoxy) is 2. The van der Waals surface area contributed by atoms with E-state index in [4.69, 9.17) is 9.47 Å². The molecule has 0 unspecified atom stereocenters. The van der Waals surface area contributed by atoms with Crippen molar-refractivity contribution in [2.24, 2.45) is 0 Å². The van der Waals surface area contributed by atoms with E-state index in [1.165, 1.54) is 0 Å². The van der Waals surface area contributed by atoms with Crippen molar-refractivity contribution in [1.29, 1.82) is 0 Å². The molecule has 0 amide bonds. The van der Waals surface area contributed by atoms with Gasteiger partial charge in [0.05, 0.1) is 19.5 Å². The van der Waals surface area contributed by atoms with Crippen LogP contribution >= 0.6 is 15.9 Å². The highest BCUT2D eigenvalue weighted by Gasteiger charge is 2.05. The van der Waals surface area contributed by atoms with Crippen LogP contribution in [-0.2, 0) is 4.74 Å². The van der Waals surface area contributed by atoms with E-state index in [-0.39, 0.29) is 0 Å². The van der Waals surface area contributed by atoms with Crippen molar-refractivity contribution < 1.29 is 9.47 Å². The molecule has 17 heavy (non-hydrogen) atoms. The quantitative estimate of drug-likeness (QED) is 0.573. The molecule has 0 aromatic heterocycles. The van der Waals surface area contributed by atoms with Gasteiger partial charge in [0.1, 0.15) is 5.75 Å². The van der Waals surface area contributed by atoms with Gasteiger partial charge < -0.3 is 9.47 Å². The lowest BCUT2D eigenvalue weighted by Crippen LogP contribution is -2.01. The summed E-state index contributed by atoms with van der Waals surface area (Å²) in [4.78, 5) is 0. The van der Waals surface area contributed by atoms with E-state index in [0.29, 0.717) is 6.61 Å². The number of aryl methyl sites for hydroxylation is 2. The first-order valence-electron chi connectivity index (χ1n) is 5.66. The summed E-state index contributed by atoms with van der Waals surface area (Å²) in [6.45, 7) is 8.58. The Bertz CT molecular complexity index is 376. The summed E-state index contributed by atoms with van der Waals surface area (Å²) in [6, 6.07) is 4.13. The molecule has 0 aliphatic rings. The maximum absolute atomic E-state index is 5.80. The fourth-order valence-electron chi connectivity index (χ4n) is 1.67. The molecule has 0 atom stereocenters. The molecule has 0 aliphatic heterocycles. The van der Waals surface area contributed by atoms with E-state index in [1.807, 2.05) is 0 Å². The monoisotopic (exact) mass is 298 g/mol. The molecule has 0 heterocycles. The van der Waals surface area contributed by atoms with Crippen molar-refractivity contribution in [3.05, 3.63) is 40.1 Å². The zero-order valence-corrected chi connectivity index (χ0v) is 12.3. The Kier molecular flexibility index (Phi) is 5.56. The maximum atomic E-state index is 5.80. The topological polar surface area (TPSA) is 18.5 Å². The molecule has 0 radical (unpaired) electrons. The third-order valence-electron chi connectivity index (χ3n) is 2.56. The Balaban J connectivity index is 2.50. The van der Waals surface area contributed by atoms with Crippen LogP contribution < -0.4 is 4.74 Å². The maximum Gasteiger partial charge on any atom is 0.125 e. The van der Waals surface area contributed by atoms with Gasteiger partial charge in [-0.25, -0.2) is 0 Å². The van der Waals surface area contributed by atoms with E-state index in [2.05, 4.69) is 48.5 Å². The number of methoxy groups -OCH3 is 1. The summed E-state index contributed by atoms with van der Waals surface area (Å²) in [5.41, 5.74) is 2.31. The Labute approximate surface area is 112 Å². The molecule has 0 N–H and O–H groups in total. The van der Waals surface area contributed by atoms with Crippen molar-refractivity contribution in [3.8, 4) is 5.75 Å². The van der Waals surface area contributed by atoms with E-state index in [9.17, 15) is 0 Å². The Morgan fingerprint density at radius 2 is 1.88 bits per heavy atom. The van der Waals surface area contributed by atoms with Gasteiger partial charge in [-0.15, -0.1) is 0 Å². The molecule has 94 valence electrons. The van der Waals surface area contributed by atoms with Crippen LogP contribution in [0.5, 0.6) is 5.75 Å². The van der Waals surface area contributed by atoms with Gasteiger partial charge in [0.15, 0.2) is 0 Å². The first-order valence-corrected chi connectivity index (χ1v) is 6.45. The van der Waals surface area contributed by atoms with Crippen molar-refractivity contribution in [2.75, 3.05) is 13.7 Å². The minimum Gasteiger partial charge on any atom is -0.502 e. The average Bonchev–Trinajstić information content (AvgIpc) is 2.26. The van der Waals surface area contributed by atoms with Gasteiger partial charge in [0, 0.05) is 10.9 Å². The molecule has 0 saturated carbocycles. The Morgan fingerprint density at radius 3 is 2.41 bits per heavy atom. The Morgan fingerprint density at radius 1 is 1.29 bits per heavy atom. The lowest BCUT2D eigenvalue weighted by molar-refractivity contribution is 0.256. The molecule has 0 spiro atoms. The van der Waals surface area contributed by atoms with Crippen molar-refractivity contribution in [1.82, 2.24) is 0 Å². The van der Waals surface area contributed by atoms with Crippen molar-refractivity contribution in [2.45, 2.75) is 26.7 Å². The van der Waals surface area contributed by atoms with Crippen molar-refractivity contribution in [3.63, 3.8) is 0 Å². The van der Waals surface area contributed by atoms with Crippen molar-refractivity contribution >= 4 is 15.9 Å². The third kappa shape index (κ3) is 4.43. The van der Waals surface area contributed by atoms with Gasteiger partial charge >= 0.3 is 0 Å². The summed E-state index contributed by atoms with van der Waals surface area (Å²) >= 11 is 3.47. The van der Waals surface area contributed by atoms with Crippen LogP contribution in [-0.4, -0.2) is 13.7 Å². The smallest absolute Gasteiger partial charge is 0.125 e. The van der Waals surface area contributed by atoms with Crippen LogP contribution in [0.4, 0.5) is 0 Å². The molecule has 3 heteroatoms. The summed E-state index contributed by atoms with van der Waals surface area (Å²) in [5, 5.41) is 0. The van der Waals surface area contributed by atoms with E-state index in [0.717, 1.165) is 39.9 Å². The van der Waals surface area contributed by atoms with E-state index < -0.39 is 0 Å². The second-order valence-corrected chi connectivity index (χ2v) is 4.98. The molecular weight excluding hydrogens is 280 g/mol. The van der Waals surface area contributed by atoms with Gasteiger partial charge in [0.25, 0.3) is 0 Å². The summed E-state index contributed by atoms with van der Waals surface area (Å²) in [7, 11) is 1.65. The number of halogens is 1. The minimum atomic E-state index is 0.686. The highest BCUT2D eigenvalue weighted by molar-refractivity contribution is 9.10. The predicted molar refractivity (Wildman–Crippen MR) is 74.5 cm³/mol. The minimum absolute atomic E-state index is 0.686. The van der Waals surface area contributed by atoms with Gasteiger partial charge in [-0.2, -0.15) is 0 Å². The van der Waals surface area contributed by atoms with Gasteiger partial charge in [0.2, 0.25) is 0 Å². The first kappa shape index (κ1) is 14.1. The molecule has 1 aromatic carbocycles. The molecule has 1 aromatic rings. The average molecular weight is 299 g/mol. The molecular formula is C14H19BrO2. The molecule has 0 fully saturated rings. The molecule has 1 rings (SSSR count). The fourth-order valence-corrected chi connectivity index (χ4v) is 2.36. The zero-order chi connectivity index (χ0) is 12.8. The fraction of sp³-hybridized carbons (Fsp3) is 0.429. The highest BCUT2D eigenvalue weighted by Crippen LogP contribution is 2.27. The summed E-state index contributed by atoms with van der Waals surface area (Å²) in [5.74, 6) is 1.79. The highest BCUT2D eigenvalue weighted by atomic mass is 79.9. The molecule has 2 nitrogen and oxygen atoms in total. The van der Waals surface area contributed by atoms with Gasteiger partial charge in [-0.3, -0.25) is 0 Å².